The van der Waals surface area contributed by atoms with Crippen LogP contribution in [0, 0.1) is 6.92 Å². The SMILES string of the molecule is CCC(C)n1c(=O)[nH]c(C)c(O)c1=O. The number of H-pyrrole nitrogens is 1. The van der Waals surface area contributed by atoms with Crippen molar-refractivity contribution in [1.29, 1.82) is 0 Å². The van der Waals surface area contributed by atoms with Gasteiger partial charge in [0.15, 0.2) is 0 Å². The van der Waals surface area contributed by atoms with Crippen molar-refractivity contribution in [3.05, 3.63) is 26.5 Å². The second-order valence-corrected chi connectivity index (χ2v) is 3.34. The first kappa shape index (κ1) is 10.6. The molecule has 5 heteroatoms. The molecule has 1 atom stereocenters. The first-order chi connectivity index (χ1) is 6.49. The number of aromatic amines is 1. The number of aromatic nitrogens is 2. The molecular formula is C9H14N2O3. The largest absolute Gasteiger partial charge is 0.502 e. The van der Waals surface area contributed by atoms with Crippen molar-refractivity contribution in [3.63, 3.8) is 0 Å². The van der Waals surface area contributed by atoms with Crippen LogP contribution in [0.25, 0.3) is 0 Å². The molecule has 0 aliphatic rings. The molecule has 0 aliphatic heterocycles. The molecular weight excluding hydrogens is 184 g/mol. The zero-order valence-electron chi connectivity index (χ0n) is 8.50. The molecule has 1 aromatic rings. The number of aryl methyl sites for hydroxylation is 1. The molecule has 0 aliphatic carbocycles. The molecule has 0 fully saturated rings. The minimum Gasteiger partial charge on any atom is -0.502 e. The number of rotatable bonds is 2. The molecule has 0 radical (unpaired) electrons. The first-order valence-corrected chi connectivity index (χ1v) is 4.53. The van der Waals surface area contributed by atoms with E-state index in [2.05, 4.69) is 4.98 Å². The van der Waals surface area contributed by atoms with Crippen LogP contribution in [-0.2, 0) is 0 Å². The van der Waals surface area contributed by atoms with Gasteiger partial charge in [-0.3, -0.25) is 9.36 Å². The average Bonchev–Trinajstić information content (AvgIpc) is 2.14. The molecule has 1 aromatic heterocycles. The van der Waals surface area contributed by atoms with E-state index in [9.17, 15) is 14.7 Å². The lowest BCUT2D eigenvalue weighted by molar-refractivity contribution is 0.420. The Bertz CT molecular complexity index is 444. The summed E-state index contributed by atoms with van der Waals surface area (Å²) < 4.78 is 1.03. The maximum Gasteiger partial charge on any atom is 0.329 e. The Morgan fingerprint density at radius 1 is 1.50 bits per heavy atom. The summed E-state index contributed by atoms with van der Waals surface area (Å²) in [5.74, 6) is -0.384. The van der Waals surface area contributed by atoms with Crippen LogP contribution in [0.3, 0.4) is 0 Å². The molecule has 1 unspecified atom stereocenters. The third kappa shape index (κ3) is 1.57. The van der Waals surface area contributed by atoms with E-state index >= 15 is 0 Å². The molecule has 78 valence electrons. The number of aromatic hydroxyl groups is 1. The number of nitrogens with one attached hydrogen (secondary N) is 1. The molecule has 14 heavy (non-hydrogen) atoms. The Labute approximate surface area is 81.0 Å². The van der Waals surface area contributed by atoms with E-state index in [4.69, 9.17) is 0 Å². The topological polar surface area (TPSA) is 75.1 Å². The molecule has 1 rings (SSSR count). The van der Waals surface area contributed by atoms with Crippen LogP contribution >= 0.6 is 0 Å². The lowest BCUT2D eigenvalue weighted by Crippen LogP contribution is -2.37. The van der Waals surface area contributed by atoms with Crippen molar-refractivity contribution < 1.29 is 5.11 Å². The second kappa shape index (κ2) is 3.69. The van der Waals surface area contributed by atoms with Gasteiger partial charge < -0.3 is 10.1 Å². The number of hydrogen-bond donors (Lipinski definition) is 2. The Morgan fingerprint density at radius 2 is 2.07 bits per heavy atom. The van der Waals surface area contributed by atoms with Crippen LogP contribution in [-0.4, -0.2) is 14.7 Å². The Hall–Kier alpha value is -1.52. The van der Waals surface area contributed by atoms with Gasteiger partial charge in [-0.1, -0.05) is 6.92 Å². The van der Waals surface area contributed by atoms with Gasteiger partial charge in [0.05, 0.1) is 5.69 Å². The van der Waals surface area contributed by atoms with E-state index in [1.807, 2.05) is 6.92 Å². The summed E-state index contributed by atoms with van der Waals surface area (Å²) in [5.41, 5.74) is -0.889. The van der Waals surface area contributed by atoms with E-state index in [0.29, 0.717) is 6.42 Å². The number of hydrogen-bond acceptors (Lipinski definition) is 3. The Morgan fingerprint density at radius 3 is 2.57 bits per heavy atom. The van der Waals surface area contributed by atoms with E-state index < -0.39 is 11.2 Å². The molecule has 5 nitrogen and oxygen atoms in total. The Balaban J connectivity index is 3.53. The quantitative estimate of drug-likeness (QED) is 0.727. The van der Waals surface area contributed by atoms with Crippen molar-refractivity contribution in [2.24, 2.45) is 0 Å². The normalized spacial score (nSPS) is 12.8. The summed E-state index contributed by atoms with van der Waals surface area (Å²) in [4.78, 5) is 25.3. The van der Waals surface area contributed by atoms with Crippen LogP contribution in [0.15, 0.2) is 9.59 Å². The molecule has 0 saturated heterocycles. The highest BCUT2D eigenvalue weighted by Crippen LogP contribution is 2.07. The van der Waals surface area contributed by atoms with Gasteiger partial charge in [0.25, 0.3) is 5.56 Å². The highest BCUT2D eigenvalue weighted by molar-refractivity contribution is 5.20. The maximum atomic E-state index is 11.5. The minimum atomic E-state index is -0.624. The molecule has 0 amide bonds. The molecule has 0 bridgehead atoms. The third-order valence-corrected chi connectivity index (χ3v) is 2.32. The van der Waals surface area contributed by atoms with Crippen molar-refractivity contribution in [2.45, 2.75) is 33.2 Å². The van der Waals surface area contributed by atoms with Gasteiger partial charge in [0.1, 0.15) is 0 Å². The molecule has 0 spiro atoms. The van der Waals surface area contributed by atoms with Crippen LogP contribution in [0.5, 0.6) is 5.75 Å². The monoisotopic (exact) mass is 198 g/mol. The molecule has 0 saturated carbocycles. The predicted molar refractivity (Wildman–Crippen MR) is 52.7 cm³/mol. The standard InChI is InChI=1S/C9H14N2O3/c1-4-5(2)11-8(13)7(12)6(3)10-9(11)14/h5,12H,4H2,1-3H3,(H,10,14). The van der Waals surface area contributed by atoms with Gasteiger partial charge >= 0.3 is 5.69 Å². The predicted octanol–water partition coefficient (Wildman–Crippen LogP) is 0.522. The summed E-state index contributed by atoms with van der Waals surface area (Å²) in [6.07, 6.45) is 0.658. The van der Waals surface area contributed by atoms with E-state index in [0.717, 1.165) is 4.57 Å². The summed E-state index contributed by atoms with van der Waals surface area (Å²) >= 11 is 0. The lowest BCUT2D eigenvalue weighted by atomic mass is 10.2. The maximum absolute atomic E-state index is 11.5. The van der Waals surface area contributed by atoms with Crippen LogP contribution in [0.4, 0.5) is 0 Å². The van der Waals surface area contributed by atoms with Crippen molar-refractivity contribution in [3.8, 4) is 5.75 Å². The number of nitrogens with zero attached hydrogens (tertiary/aromatic N) is 1. The summed E-state index contributed by atoms with van der Waals surface area (Å²) in [6.45, 7) is 5.11. The molecule has 0 aromatic carbocycles. The smallest absolute Gasteiger partial charge is 0.329 e. The van der Waals surface area contributed by atoms with Gasteiger partial charge in [-0.15, -0.1) is 0 Å². The fraction of sp³-hybridized carbons (Fsp3) is 0.556. The summed E-state index contributed by atoms with van der Waals surface area (Å²) in [6, 6.07) is -0.210. The van der Waals surface area contributed by atoms with Crippen LogP contribution in [0.1, 0.15) is 32.0 Å². The highest BCUT2D eigenvalue weighted by Gasteiger charge is 2.13. The van der Waals surface area contributed by atoms with Crippen molar-refractivity contribution in [2.75, 3.05) is 0 Å². The zero-order chi connectivity index (χ0) is 10.9. The Kier molecular flexibility index (Phi) is 2.78. The summed E-state index contributed by atoms with van der Waals surface area (Å²) in [5, 5.41) is 9.35. The average molecular weight is 198 g/mol. The van der Waals surface area contributed by atoms with Gasteiger partial charge in [-0.25, -0.2) is 4.79 Å². The van der Waals surface area contributed by atoms with Gasteiger partial charge in [0.2, 0.25) is 5.75 Å². The molecule has 2 N–H and O–H groups in total. The fourth-order valence-electron chi connectivity index (χ4n) is 1.23. The lowest BCUT2D eigenvalue weighted by Gasteiger charge is -2.12. The van der Waals surface area contributed by atoms with Crippen LogP contribution in [0.2, 0.25) is 0 Å². The van der Waals surface area contributed by atoms with Gasteiger partial charge in [-0.2, -0.15) is 0 Å². The van der Waals surface area contributed by atoms with E-state index in [-0.39, 0.29) is 17.5 Å². The van der Waals surface area contributed by atoms with Gasteiger partial charge in [-0.05, 0) is 20.3 Å². The zero-order valence-corrected chi connectivity index (χ0v) is 8.50. The van der Waals surface area contributed by atoms with Crippen LogP contribution < -0.4 is 11.2 Å². The van der Waals surface area contributed by atoms with E-state index in [1.165, 1.54) is 6.92 Å². The van der Waals surface area contributed by atoms with E-state index in [1.54, 1.807) is 6.92 Å². The highest BCUT2D eigenvalue weighted by atomic mass is 16.3. The molecule has 1 heterocycles. The minimum absolute atomic E-state index is 0.208. The fourth-order valence-corrected chi connectivity index (χ4v) is 1.23. The van der Waals surface area contributed by atoms with Crippen molar-refractivity contribution in [1.82, 2.24) is 9.55 Å². The second-order valence-electron chi connectivity index (χ2n) is 3.34. The van der Waals surface area contributed by atoms with Crippen molar-refractivity contribution >= 4 is 0 Å². The third-order valence-electron chi connectivity index (χ3n) is 2.32. The van der Waals surface area contributed by atoms with Gasteiger partial charge in [0, 0.05) is 6.04 Å². The summed E-state index contributed by atoms with van der Waals surface area (Å²) in [7, 11) is 0. The first-order valence-electron chi connectivity index (χ1n) is 4.53.